The van der Waals surface area contributed by atoms with Gasteiger partial charge in [0.15, 0.2) is 11.5 Å². The Balaban J connectivity index is 1.93. The molecule has 0 amide bonds. The average Bonchev–Trinajstić information content (AvgIpc) is 2.34. The first-order chi connectivity index (χ1) is 8.27. The molecule has 0 saturated heterocycles. The van der Waals surface area contributed by atoms with Crippen LogP contribution in [0.1, 0.15) is 0 Å². The minimum Gasteiger partial charge on any atom is -0.396 e. The maximum Gasteiger partial charge on any atom is 0.192 e. The molecule has 0 aliphatic carbocycles. The fourth-order valence-electron chi connectivity index (χ4n) is 1.20. The molecule has 0 spiro atoms. The summed E-state index contributed by atoms with van der Waals surface area (Å²) in [5.74, 6) is 0.754. The summed E-state index contributed by atoms with van der Waals surface area (Å²) in [7, 11) is 0. The van der Waals surface area contributed by atoms with Crippen molar-refractivity contribution in [2.24, 2.45) is 0 Å². The third kappa shape index (κ3) is 2.79. The molecule has 0 atom stereocenters. The van der Waals surface area contributed by atoms with E-state index in [0.29, 0.717) is 22.9 Å². The molecular formula is C12H12N2O3. The molecule has 0 heterocycles. The Labute approximate surface area is 98.4 Å². The van der Waals surface area contributed by atoms with Crippen LogP contribution >= 0.6 is 0 Å². The molecule has 5 heteroatoms. The Morgan fingerprint density at radius 1 is 0.647 bits per heavy atom. The minimum atomic E-state index is 0.377. The molecule has 2 aromatic rings. The van der Waals surface area contributed by atoms with Crippen LogP contribution < -0.4 is 21.2 Å². The van der Waals surface area contributed by atoms with Crippen LogP contribution in [0.4, 0.5) is 11.4 Å². The second kappa shape index (κ2) is 5.09. The first-order valence-electron chi connectivity index (χ1n) is 4.97. The van der Waals surface area contributed by atoms with Gasteiger partial charge in [0.2, 0.25) is 0 Å². The van der Waals surface area contributed by atoms with E-state index in [-0.39, 0.29) is 0 Å². The van der Waals surface area contributed by atoms with Crippen LogP contribution in [0.2, 0.25) is 0 Å². The van der Waals surface area contributed by atoms with E-state index in [0.717, 1.165) is 0 Å². The molecule has 0 saturated carbocycles. The third-order valence-electron chi connectivity index (χ3n) is 2.09. The molecule has 0 aliphatic rings. The molecule has 2 rings (SSSR count). The Morgan fingerprint density at radius 2 is 1.06 bits per heavy atom. The van der Waals surface area contributed by atoms with Crippen molar-refractivity contribution < 1.29 is 14.8 Å². The van der Waals surface area contributed by atoms with Crippen molar-refractivity contribution >= 4 is 11.4 Å². The SMILES string of the molecule is Nc1ccccc1OOOc1ccccc1N. The normalized spacial score (nSPS) is 9.88. The van der Waals surface area contributed by atoms with Gasteiger partial charge in [0.25, 0.3) is 0 Å². The number of nitrogen functional groups attached to an aromatic ring is 2. The summed E-state index contributed by atoms with van der Waals surface area (Å²) in [6, 6.07) is 13.8. The zero-order valence-electron chi connectivity index (χ0n) is 9.00. The highest BCUT2D eigenvalue weighted by molar-refractivity contribution is 5.52. The standard InChI is InChI=1S/C12H12N2O3/c13-9-5-1-3-7-11(9)15-17-16-12-8-4-2-6-10(12)14/h1-8H,13-14H2. The Hall–Kier alpha value is -2.40. The van der Waals surface area contributed by atoms with E-state index < -0.39 is 0 Å². The summed E-state index contributed by atoms with van der Waals surface area (Å²) in [5.41, 5.74) is 12.2. The van der Waals surface area contributed by atoms with Crippen LogP contribution in [0.5, 0.6) is 11.5 Å². The zero-order valence-corrected chi connectivity index (χ0v) is 9.00. The number of anilines is 2. The van der Waals surface area contributed by atoms with Crippen LogP contribution in [0, 0.1) is 0 Å². The fourth-order valence-corrected chi connectivity index (χ4v) is 1.20. The molecule has 4 N–H and O–H groups in total. The third-order valence-corrected chi connectivity index (χ3v) is 2.09. The average molecular weight is 232 g/mol. The van der Waals surface area contributed by atoms with Crippen molar-refractivity contribution in [3.8, 4) is 11.5 Å². The van der Waals surface area contributed by atoms with Gasteiger partial charge in [-0.25, -0.2) is 0 Å². The molecule has 88 valence electrons. The van der Waals surface area contributed by atoms with Crippen LogP contribution in [0.15, 0.2) is 48.5 Å². The van der Waals surface area contributed by atoms with Gasteiger partial charge in [-0.2, -0.15) is 0 Å². The highest BCUT2D eigenvalue weighted by Gasteiger charge is 2.03. The molecule has 17 heavy (non-hydrogen) atoms. The quantitative estimate of drug-likeness (QED) is 0.479. The van der Waals surface area contributed by atoms with Gasteiger partial charge >= 0.3 is 0 Å². The Kier molecular flexibility index (Phi) is 3.32. The van der Waals surface area contributed by atoms with E-state index in [1.54, 1.807) is 48.5 Å². The topological polar surface area (TPSA) is 79.7 Å². The molecule has 0 aromatic heterocycles. The number of rotatable bonds is 4. The first kappa shape index (κ1) is 11.1. The summed E-state index contributed by atoms with van der Waals surface area (Å²) in [6.07, 6.45) is 0. The van der Waals surface area contributed by atoms with Gasteiger partial charge < -0.3 is 11.5 Å². The predicted octanol–water partition coefficient (Wildman–Crippen LogP) is 2.16. The van der Waals surface area contributed by atoms with E-state index in [4.69, 9.17) is 21.2 Å². The second-order valence-corrected chi connectivity index (χ2v) is 3.31. The van der Waals surface area contributed by atoms with Crippen molar-refractivity contribution in [2.45, 2.75) is 0 Å². The van der Waals surface area contributed by atoms with Crippen LogP contribution in [0.25, 0.3) is 0 Å². The monoisotopic (exact) mass is 232 g/mol. The number of hydrogen-bond acceptors (Lipinski definition) is 5. The largest absolute Gasteiger partial charge is 0.396 e. The predicted molar refractivity (Wildman–Crippen MR) is 64.0 cm³/mol. The van der Waals surface area contributed by atoms with E-state index in [1.807, 2.05) is 0 Å². The van der Waals surface area contributed by atoms with Gasteiger partial charge in [-0.05, 0) is 24.3 Å². The van der Waals surface area contributed by atoms with Gasteiger partial charge in [-0.15, -0.1) is 0 Å². The fraction of sp³-hybridized carbons (Fsp3) is 0. The van der Waals surface area contributed by atoms with Crippen molar-refractivity contribution in [1.82, 2.24) is 0 Å². The summed E-state index contributed by atoms with van der Waals surface area (Å²) < 4.78 is 0. The van der Waals surface area contributed by atoms with Gasteiger partial charge in [0.1, 0.15) is 0 Å². The van der Waals surface area contributed by atoms with Crippen molar-refractivity contribution in [2.75, 3.05) is 11.5 Å². The smallest absolute Gasteiger partial charge is 0.192 e. The maximum atomic E-state index is 5.64. The highest BCUT2D eigenvalue weighted by atomic mass is 17.5. The van der Waals surface area contributed by atoms with Gasteiger partial charge in [-0.1, -0.05) is 24.3 Å². The Bertz CT molecular complexity index is 457. The number of nitrogens with two attached hydrogens (primary N) is 2. The summed E-state index contributed by atoms with van der Waals surface area (Å²) in [5, 5.41) is 4.61. The van der Waals surface area contributed by atoms with Gasteiger partial charge in [-0.3, -0.25) is 9.78 Å². The maximum absolute atomic E-state index is 5.64. The zero-order chi connectivity index (χ0) is 12.1. The number of benzene rings is 2. The molecule has 2 aromatic carbocycles. The van der Waals surface area contributed by atoms with E-state index >= 15 is 0 Å². The molecule has 5 nitrogen and oxygen atoms in total. The first-order valence-corrected chi connectivity index (χ1v) is 4.97. The van der Waals surface area contributed by atoms with E-state index in [1.165, 1.54) is 0 Å². The lowest BCUT2D eigenvalue weighted by Gasteiger charge is -2.07. The van der Waals surface area contributed by atoms with Crippen LogP contribution in [0.3, 0.4) is 0 Å². The summed E-state index contributed by atoms with van der Waals surface area (Å²) in [6.45, 7) is 0. The van der Waals surface area contributed by atoms with E-state index in [2.05, 4.69) is 5.04 Å². The second-order valence-electron chi connectivity index (χ2n) is 3.31. The summed E-state index contributed by atoms with van der Waals surface area (Å²) >= 11 is 0. The summed E-state index contributed by atoms with van der Waals surface area (Å²) in [4.78, 5) is 9.79. The minimum absolute atomic E-state index is 0.377. The van der Waals surface area contributed by atoms with Crippen LogP contribution in [-0.4, -0.2) is 0 Å². The molecule has 0 radical (unpaired) electrons. The van der Waals surface area contributed by atoms with Crippen LogP contribution in [-0.2, 0) is 5.04 Å². The van der Waals surface area contributed by atoms with Crippen molar-refractivity contribution in [3.05, 3.63) is 48.5 Å². The highest BCUT2D eigenvalue weighted by Crippen LogP contribution is 2.23. The number of hydrogen-bond donors (Lipinski definition) is 2. The Morgan fingerprint density at radius 3 is 1.47 bits per heavy atom. The number of para-hydroxylation sites is 4. The van der Waals surface area contributed by atoms with Crippen molar-refractivity contribution in [3.63, 3.8) is 0 Å². The van der Waals surface area contributed by atoms with Crippen molar-refractivity contribution in [1.29, 1.82) is 0 Å². The molecular weight excluding hydrogens is 220 g/mol. The molecule has 0 aliphatic heterocycles. The van der Waals surface area contributed by atoms with Gasteiger partial charge in [0.05, 0.1) is 11.4 Å². The lowest BCUT2D eigenvalue weighted by Crippen LogP contribution is -2.05. The lowest BCUT2D eigenvalue weighted by molar-refractivity contribution is -0.410. The van der Waals surface area contributed by atoms with Gasteiger partial charge in [0, 0.05) is 5.04 Å². The molecule has 0 bridgehead atoms. The molecule has 0 unspecified atom stereocenters. The molecule has 0 fully saturated rings. The lowest BCUT2D eigenvalue weighted by atomic mass is 10.3. The van der Waals surface area contributed by atoms with E-state index in [9.17, 15) is 0 Å².